The molecule has 0 unspecified atom stereocenters. The average Bonchev–Trinajstić information content (AvgIpc) is 3.15. The summed E-state index contributed by atoms with van der Waals surface area (Å²) in [7, 11) is 0. The maximum absolute atomic E-state index is 13.3. The molecule has 0 atom stereocenters. The van der Waals surface area contributed by atoms with Crippen LogP contribution in [0.1, 0.15) is 38.7 Å². The fourth-order valence-corrected chi connectivity index (χ4v) is 2.44. The summed E-state index contributed by atoms with van der Waals surface area (Å²) in [6.07, 6.45) is 3.66. The molecular weight excluding hydrogens is 249 g/mol. The summed E-state index contributed by atoms with van der Waals surface area (Å²) in [6, 6.07) is 5.62. The summed E-state index contributed by atoms with van der Waals surface area (Å²) in [6.45, 7) is 5.51. The monoisotopic (exact) mass is 269 g/mol. The Kier molecular flexibility index (Phi) is 4.50. The van der Waals surface area contributed by atoms with Crippen molar-refractivity contribution in [2.75, 3.05) is 11.4 Å². The largest absolute Gasteiger partial charge is 0.368 e. The second kappa shape index (κ2) is 5.92. The summed E-state index contributed by atoms with van der Waals surface area (Å²) in [5.74, 6) is 0.859. The highest BCUT2D eigenvalue weighted by molar-refractivity contribution is 6.17. The molecule has 0 amide bonds. The lowest BCUT2D eigenvalue weighted by atomic mass is 10.1. The van der Waals surface area contributed by atoms with Gasteiger partial charge in [-0.1, -0.05) is 13.8 Å². The van der Waals surface area contributed by atoms with Crippen molar-refractivity contribution >= 4 is 17.3 Å². The van der Waals surface area contributed by atoms with Crippen LogP contribution in [0.4, 0.5) is 10.1 Å². The first-order valence-corrected chi connectivity index (χ1v) is 7.26. The highest BCUT2D eigenvalue weighted by atomic mass is 35.5. The van der Waals surface area contributed by atoms with E-state index < -0.39 is 0 Å². The third-order valence-electron chi connectivity index (χ3n) is 3.43. The quantitative estimate of drug-likeness (QED) is 0.684. The Hall–Kier alpha value is -0.760. The van der Waals surface area contributed by atoms with Crippen molar-refractivity contribution in [1.82, 2.24) is 0 Å². The van der Waals surface area contributed by atoms with Gasteiger partial charge in [0.05, 0.1) is 0 Å². The van der Waals surface area contributed by atoms with Gasteiger partial charge in [-0.25, -0.2) is 4.39 Å². The minimum atomic E-state index is -0.200. The molecule has 1 aromatic rings. The molecule has 2 rings (SSSR count). The van der Waals surface area contributed by atoms with Crippen molar-refractivity contribution in [2.45, 2.75) is 45.0 Å². The van der Waals surface area contributed by atoms with Crippen LogP contribution in [0.25, 0.3) is 0 Å². The normalized spacial score (nSPS) is 15.2. The van der Waals surface area contributed by atoms with Crippen LogP contribution in [0.15, 0.2) is 18.2 Å². The third-order valence-corrected chi connectivity index (χ3v) is 3.72. The summed E-state index contributed by atoms with van der Waals surface area (Å²) in [5.41, 5.74) is 2.03. The summed E-state index contributed by atoms with van der Waals surface area (Å²) in [5, 5.41) is 0. The van der Waals surface area contributed by atoms with Gasteiger partial charge in [0.25, 0.3) is 0 Å². The van der Waals surface area contributed by atoms with Crippen LogP contribution in [0.3, 0.4) is 0 Å². The molecule has 1 fully saturated rings. The van der Waals surface area contributed by atoms with Crippen molar-refractivity contribution < 1.29 is 4.39 Å². The fraction of sp³-hybridized carbons (Fsp3) is 0.600. The van der Waals surface area contributed by atoms with Crippen LogP contribution < -0.4 is 4.90 Å². The van der Waals surface area contributed by atoms with E-state index in [1.807, 2.05) is 6.07 Å². The average molecular weight is 270 g/mol. The standard InChI is InChI=1S/C15H21ClFN/c1-11(2)7-8-18(14-4-5-14)15-6-3-13(17)9-12(15)10-16/h3,6,9,11,14H,4-5,7-8,10H2,1-2H3. The molecule has 1 nitrogen and oxygen atoms in total. The van der Waals surface area contributed by atoms with Gasteiger partial charge in [-0.2, -0.15) is 0 Å². The second-order valence-corrected chi connectivity index (χ2v) is 5.78. The van der Waals surface area contributed by atoms with Crippen LogP contribution in [-0.2, 0) is 5.88 Å². The van der Waals surface area contributed by atoms with Gasteiger partial charge in [-0.15, -0.1) is 11.6 Å². The van der Waals surface area contributed by atoms with Crippen molar-refractivity contribution in [3.8, 4) is 0 Å². The van der Waals surface area contributed by atoms with Gasteiger partial charge >= 0.3 is 0 Å². The van der Waals surface area contributed by atoms with Gasteiger partial charge in [0.1, 0.15) is 5.82 Å². The number of benzene rings is 1. The summed E-state index contributed by atoms with van der Waals surface area (Å²) >= 11 is 5.94. The molecule has 0 radical (unpaired) electrons. The highest BCUT2D eigenvalue weighted by Gasteiger charge is 2.30. The minimum Gasteiger partial charge on any atom is -0.368 e. The Morgan fingerprint density at radius 3 is 2.67 bits per heavy atom. The molecule has 0 aliphatic heterocycles. The topological polar surface area (TPSA) is 3.24 Å². The summed E-state index contributed by atoms with van der Waals surface area (Å²) in [4.78, 5) is 2.41. The van der Waals surface area contributed by atoms with E-state index in [-0.39, 0.29) is 5.82 Å². The maximum Gasteiger partial charge on any atom is 0.123 e. The maximum atomic E-state index is 13.3. The first kappa shape index (κ1) is 13.7. The van der Waals surface area contributed by atoms with Crippen LogP contribution in [0.2, 0.25) is 0 Å². The lowest BCUT2D eigenvalue weighted by Crippen LogP contribution is -2.28. The van der Waals surface area contributed by atoms with Crippen molar-refractivity contribution in [1.29, 1.82) is 0 Å². The first-order chi connectivity index (χ1) is 8.61. The molecule has 18 heavy (non-hydrogen) atoms. The first-order valence-electron chi connectivity index (χ1n) is 6.73. The van der Waals surface area contributed by atoms with E-state index in [4.69, 9.17) is 11.6 Å². The van der Waals surface area contributed by atoms with E-state index in [0.29, 0.717) is 17.8 Å². The van der Waals surface area contributed by atoms with E-state index in [1.165, 1.54) is 18.9 Å². The van der Waals surface area contributed by atoms with Crippen molar-refractivity contribution in [2.24, 2.45) is 5.92 Å². The number of hydrogen-bond donors (Lipinski definition) is 0. The van der Waals surface area contributed by atoms with Gasteiger partial charge in [-0.05, 0) is 48.9 Å². The van der Waals surface area contributed by atoms with Crippen molar-refractivity contribution in [3.63, 3.8) is 0 Å². The Balaban J connectivity index is 2.19. The Bertz CT molecular complexity index is 401. The minimum absolute atomic E-state index is 0.200. The number of nitrogens with zero attached hydrogens (tertiary/aromatic N) is 1. The molecule has 100 valence electrons. The van der Waals surface area contributed by atoms with E-state index in [9.17, 15) is 4.39 Å². The molecule has 1 aromatic carbocycles. The zero-order valence-electron chi connectivity index (χ0n) is 11.1. The van der Waals surface area contributed by atoms with Crippen LogP contribution in [0, 0.1) is 11.7 Å². The molecule has 3 heteroatoms. The molecule has 0 aromatic heterocycles. The van der Waals surface area contributed by atoms with Gasteiger partial charge in [0, 0.05) is 24.2 Å². The number of hydrogen-bond acceptors (Lipinski definition) is 1. The Morgan fingerprint density at radius 1 is 1.39 bits per heavy atom. The molecule has 1 saturated carbocycles. The second-order valence-electron chi connectivity index (χ2n) is 5.51. The molecule has 0 heterocycles. The fourth-order valence-electron chi connectivity index (χ4n) is 2.22. The van der Waals surface area contributed by atoms with Gasteiger partial charge in [-0.3, -0.25) is 0 Å². The van der Waals surface area contributed by atoms with Crippen LogP contribution in [0.5, 0.6) is 0 Å². The molecular formula is C15H21ClFN. The SMILES string of the molecule is CC(C)CCN(c1ccc(F)cc1CCl)C1CC1. The van der Waals surface area contributed by atoms with Gasteiger partial charge < -0.3 is 4.90 Å². The Morgan fingerprint density at radius 2 is 2.11 bits per heavy atom. The number of anilines is 1. The molecule has 0 N–H and O–H groups in total. The lowest BCUT2D eigenvalue weighted by Gasteiger charge is -2.27. The van der Waals surface area contributed by atoms with E-state index in [1.54, 1.807) is 6.07 Å². The molecule has 1 aliphatic carbocycles. The number of rotatable bonds is 6. The summed E-state index contributed by atoms with van der Waals surface area (Å²) < 4.78 is 13.3. The molecule has 0 saturated heterocycles. The van der Waals surface area contributed by atoms with E-state index in [0.717, 1.165) is 24.2 Å². The number of alkyl halides is 1. The van der Waals surface area contributed by atoms with Gasteiger partial charge in [0.15, 0.2) is 0 Å². The third kappa shape index (κ3) is 3.38. The zero-order valence-corrected chi connectivity index (χ0v) is 11.9. The lowest BCUT2D eigenvalue weighted by molar-refractivity contribution is 0.569. The van der Waals surface area contributed by atoms with E-state index >= 15 is 0 Å². The highest BCUT2D eigenvalue weighted by Crippen LogP contribution is 2.35. The van der Waals surface area contributed by atoms with E-state index in [2.05, 4.69) is 18.7 Å². The Labute approximate surface area is 114 Å². The van der Waals surface area contributed by atoms with Crippen LogP contribution in [-0.4, -0.2) is 12.6 Å². The van der Waals surface area contributed by atoms with Crippen LogP contribution >= 0.6 is 11.6 Å². The van der Waals surface area contributed by atoms with Gasteiger partial charge in [0.2, 0.25) is 0 Å². The molecule has 1 aliphatic rings. The van der Waals surface area contributed by atoms with Crippen molar-refractivity contribution in [3.05, 3.63) is 29.6 Å². The predicted octanol–water partition coefficient (Wildman–Crippen LogP) is 4.58. The smallest absolute Gasteiger partial charge is 0.123 e. The predicted molar refractivity (Wildman–Crippen MR) is 75.8 cm³/mol. The molecule has 0 spiro atoms. The molecule has 0 bridgehead atoms. The number of halogens is 2. The zero-order chi connectivity index (χ0) is 13.1.